The van der Waals surface area contributed by atoms with Gasteiger partial charge in [0.2, 0.25) is 11.8 Å². The molecular weight excluding hydrogens is 398 g/mol. The fourth-order valence-electron chi connectivity index (χ4n) is 4.06. The summed E-state index contributed by atoms with van der Waals surface area (Å²) in [5.41, 5.74) is 1.87. The van der Waals surface area contributed by atoms with Crippen LogP contribution in [0.5, 0.6) is 0 Å². The van der Waals surface area contributed by atoms with Crippen molar-refractivity contribution in [2.24, 2.45) is 0 Å². The lowest BCUT2D eigenvalue weighted by atomic mass is 10.1. The summed E-state index contributed by atoms with van der Waals surface area (Å²) in [7, 11) is 1.28. The van der Waals surface area contributed by atoms with E-state index in [-0.39, 0.29) is 35.9 Å². The van der Waals surface area contributed by atoms with Gasteiger partial charge in [-0.05, 0) is 42.7 Å². The first kappa shape index (κ1) is 20.6. The molecule has 0 spiro atoms. The molecule has 8 nitrogen and oxygen atoms in total. The molecule has 2 saturated heterocycles. The van der Waals surface area contributed by atoms with Crippen molar-refractivity contribution in [3.05, 3.63) is 65.2 Å². The van der Waals surface area contributed by atoms with Crippen LogP contribution in [0.4, 0.5) is 5.69 Å². The summed E-state index contributed by atoms with van der Waals surface area (Å²) in [6.45, 7) is 1.07. The number of benzene rings is 2. The number of carbonyl (C=O) groups is 4. The number of para-hydroxylation sites is 1. The molecule has 2 aliphatic heterocycles. The molecule has 31 heavy (non-hydrogen) atoms. The van der Waals surface area contributed by atoms with Gasteiger partial charge in [-0.1, -0.05) is 24.3 Å². The molecule has 0 aliphatic carbocycles. The number of nitrogens with one attached hydrogen (secondary N) is 1. The van der Waals surface area contributed by atoms with E-state index in [0.717, 1.165) is 12.0 Å². The van der Waals surface area contributed by atoms with Crippen molar-refractivity contribution in [3.63, 3.8) is 0 Å². The van der Waals surface area contributed by atoms with Gasteiger partial charge in [0.05, 0.1) is 18.4 Å². The second kappa shape index (κ2) is 8.59. The highest BCUT2D eigenvalue weighted by atomic mass is 16.5. The molecule has 1 N–H and O–H groups in total. The Labute approximate surface area is 179 Å². The smallest absolute Gasteiger partial charge is 0.339 e. The summed E-state index contributed by atoms with van der Waals surface area (Å²) < 4.78 is 4.75. The van der Waals surface area contributed by atoms with Crippen LogP contribution in [0.3, 0.4) is 0 Å². The maximum Gasteiger partial charge on any atom is 0.339 e. The van der Waals surface area contributed by atoms with Crippen molar-refractivity contribution in [3.8, 4) is 0 Å². The number of fused-ring (bicyclic) bond motifs is 1. The molecule has 0 saturated carbocycles. The minimum Gasteiger partial charge on any atom is -0.465 e. The molecule has 2 aliphatic rings. The van der Waals surface area contributed by atoms with Crippen molar-refractivity contribution < 1.29 is 23.9 Å². The first-order valence-corrected chi connectivity index (χ1v) is 10.1. The lowest BCUT2D eigenvalue weighted by Gasteiger charge is -2.36. The van der Waals surface area contributed by atoms with E-state index in [1.165, 1.54) is 7.11 Å². The summed E-state index contributed by atoms with van der Waals surface area (Å²) >= 11 is 0. The predicted molar refractivity (Wildman–Crippen MR) is 112 cm³/mol. The van der Waals surface area contributed by atoms with Crippen LogP contribution in [0, 0.1) is 0 Å². The largest absolute Gasteiger partial charge is 0.465 e. The molecule has 2 aromatic rings. The van der Waals surface area contributed by atoms with Crippen LogP contribution in [-0.4, -0.2) is 59.7 Å². The molecule has 3 amide bonds. The van der Waals surface area contributed by atoms with Gasteiger partial charge in [0, 0.05) is 18.7 Å². The number of amides is 3. The van der Waals surface area contributed by atoms with Gasteiger partial charge in [-0.2, -0.15) is 0 Å². The number of carbonyl (C=O) groups excluding carboxylic acids is 4. The Bertz CT molecular complexity index is 1030. The molecule has 0 unspecified atom stereocenters. The maximum atomic E-state index is 12.7. The Morgan fingerprint density at radius 3 is 2.58 bits per heavy atom. The van der Waals surface area contributed by atoms with Crippen molar-refractivity contribution in [2.75, 3.05) is 25.5 Å². The predicted octanol–water partition coefficient (Wildman–Crippen LogP) is 2.06. The van der Waals surface area contributed by atoms with Crippen molar-refractivity contribution >= 4 is 29.4 Å². The summed E-state index contributed by atoms with van der Waals surface area (Å²) in [5, 5.41) is 2.73. The molecule has 1 atom stereocenters. The molecule has 2 heterocycles. The van der Waals surface area contributed by atoms with E-state index in [1.54, 1.807) is 58.3 Å². The lowest BCUT2D eigenvalue weighted by Crippen LogP contribution is -2.56. The van der Waals surface area contributed by atoms with Gasteiger partial charge in [0.25, 0.3) is 5.91 Å². The number of methoxy groups -OCH3 is 1. The van der Waals surface area contributed by atoms with Gasteiger partial charge in [-0.25, -0.2) is 4.79 Å². The zero-order valence-corrected chi connectivity index (χ0v) is 17.2. The number of nitrogens with zero attached hydrogens (tertiary/aromatic N) is 2. The van der Waals surface area contributed by atoms with Crippen molar-refractivity contribution in [2.45, 2.75) is 25.4 Å². The number of hydrogen-bond acceptors (Lipinski definition) is 5. The first-order chi connectivity index (χ1) is 15.0. The SMILES string of the molecule is COC(=O)c1ccccc1NC(=O)c1ccc(CN2CC(=O)N3CCC[C@H]3C2=O)cc1. The van der Waals surface area contributed by atoms with Crippen LogP contribution in [0.2, 0.25) is 0 Å². The van der Waals surface area contributed by atoms with Gasteiger partial charge in [-0.15, -0.1) is 0 Å². The van der Waals surface area contributed by atoms with E-state index < -0.39 is 5.97 Å². The Kier molecular flexibility index (Phi) is 5.70. The summed E-state index contributed by atoms with van der Waals surface area (Å²) in [6, 6.07) is 13.1. The number of ether oxygens (including phenoxy) is 1. The lowest BCUT2D eigenvalue weighted by molar-refractivity contribution is -0.154. The van der Waals surface area contributed by atoms with Crippen LogP contribution in [-0.2, 0) is 20.9 Å². The van der Waals surface area contributed by atoms with Crippen LogP contribution in [0.15, 0.2) is 48.5 Å². The summed E-state index contributed by atoms with van der Waals surface area (Å²) in [5.74, 6) is -0.928. The fourth-order valence-corrected chi connectivity index (χ4v) is 4.06. The third kappa shape index (κ3) is 4.14. The molecule has 4 rings (SSSR count). The molecule has 0 aromatic heterocycles. The third-order valence-electron chi connectivity index (χ3n) is 5.67. The third-order valence-corrected chi connectivity index (χ3v) is 5.67. The van der Waals surface area contributed by atoms with Gasteiger partial charge >= 0.3 is 5.97 Å². The standard InChI is InChI=1S/C23H23N3O5/c1-31-23(30)17-5-2-3-6-18(17)24-21(28)16-10-8-15(9-11-16)13-25-14-20(27)26-12-4-7-19(26)22(25)29/h2-3,5-6,8-11,19H,4,7,12-14H2,1H3,(H,24,28)/t19-/m0/s1. The van der Waals surface area contributed by atoms with Gasteiger partial charge in [-0.3, -0.25) is 14.4 Å². The van der Waals surface area contributed by atoms with Gasteiger partial charge in [0.1, 0.15) is 12.6 Å². The molecule has 0 bridgehead atoms. The Balaban J connectivity index is 1.43. The first-order valence-electron chi connectivity index (χ1n) is 10.1. The molecule has 160 valence electrons. The van der Waals surface area contributed by atoms with Crippen molar-refractivity contribution in [1.82, 2.24) is 9.80 Å². The normalized spacial score (nSPS) is 18.0. The highest BCUT2D eigenvalue weighted by Crippen LogP contribution is 2.25. The van der Waals surface area contributed by atoms with E-state index in [0.29, 0.717) is 30.8 Å². The zero-order chi connectivity index (χ0) is 22.0. The minimum absolute atomic E-state index is 0.0117. The zero-order valence-electron chi connectivity index (χ0n) is 17.2. The van der Waals surface area contributed by atoms with Crippen molar-refractivity contribution in [1.29, 1.82) is 0 Å². The topological polar surface area (TPSA) is 96.0 Å². The molecule has 8 heteroatoms. The Morgan fingerprint density at radius 1 is 1.10 bits per heavy atom. The van der Waals surface area contributed by atoms with Crippen LogP contribution >= 0.6 is 0 Å². The molecule has 2 aromatic carbocycles. The van der Waals surface area contributed by atoms with E-state index in [1.807, 2.05) is 0 Å². The average molecular weight is 421 g/mol. The minimum atomic E-state index is -0.534. The average Bonchev–Trinajstić information content (AvgIpc) is 3.28. The Morgan fingerprint density at radius 2 is 1.84 bits per heavy atom. The van der Waals surface area contributed by atoms with Crippen LogP contribution in [0.25, 0.3) is 0 Å². The second-order valence-corrected chi connectivity index (χ2v) is 7.63. The summed E-state index contributed by atoms with van der Waals surface area (Å²) in [4.78, 5) is 52.7. The highest BCUT2D eigenvalue weighted by molar-refractivity contribution is 6.08. The molecule has 2 fully saturated rings. The quantitative estimate of drug-likeness (QED) is 0.746. The number of anilines is 1. The highest BCUT2D eigenvalue weighted by Gasteiger charge is 2.41. The van der Waals surface area contributed by atoms with Crippen LogP contribution in [0.1, 0.15) is 39.1 Å². The van der Waals surface area contributed by atoms with E-state index in [2.05, 4.69) is 5.32 Å². The number of piperazine rings is 1. The van der Waals surface area contributed by atoms with E-state index in [9.17, 15) is 19.2 Å². The Hall–Kier alpha value is -3.68. The summed E-state index contributed by atoms with van der Waals surface area (Å²) in [6.07, 6.45) is 1.58. The molecule has 0 radical (unpaired) electrons. The van der Waals surface area contributed by atoms with E-state index in [4.69, 9.17) is 4.74 Å². The number of rotatable bonds is 5. The second-order valence-electron chi connectivity index (χ2n) is 7.63. The number of esters is 1. The molecular formula is C23H23N3O5. The van der Waals surface area contributed by atoms with Crippen LogP contribution < -0.4 is 5.32 Å². The monoisotopic (exact) mass is 421 g/mol. The van der Waals surface area contributed by atoms with E-state index >= 15 is 0 Å². The van der Waals surface area contributed by atoms with Gasteiger partial charge < -0.3 is 19.9 Å². The fraction of sp³-hybridized carbons (Fsp3) is 0.304. The van der Waals surface area contributed by atoms with Gasteiger partial charge in [0.15, 0.2) is 0 Å². The number of hydrogen-bond donors (Lipinski definition) is 1. The maximum absolute atomic E-state index is 12.7.